The molecular weight excluding hydrogens is 576 g/mol. The van der Waals surface area contributed by atoms with Crippen LogP contribution in [0.4, 0.5) is 0 Å². The molecule has 45 heavy (non-hydrogen) atoms. The summed E-state index contributed by atoms with van der Waals surface area (Å²) in [6.07, 6.45) is 4.20. The van der Waals surface area contributed by atoms with E-state index in [1.54, 1.807) is 19.9 Å². The van der Waals surface area contributed by atoms with E-state index in [4.69, 9.17) is 28.4 Å². The van der Waals surface area contributed by atoms with Gasteiger partial charge < -0.3 is 28.4 Å². The number of carbonyl (C=O) groups is 3. The molecule has 1 heterocycles. The molecule has 0 radical (unpaired) electrons. The zero-order valence-corrected chi connectivity index (χ0v) is 26.6. The summed E-state index contributed by atoms with van der Waals surface area (Å²) in [6.45, 7) is 7.40. The van der Waals surface area contributed by atoms with Crippen LogP contribution in [-0.4, -0.2) is 63.5 Å². The van der Waals surface area contributed by atoms with E-state index in [0.29, 0.717) is 56.3 Å². The van der Waals surface area contributed by atoms with Crippen LogP contribution in [-0.2, 0) is 36.6 Å². The lowest BCUT2D eigenvalue weighted by molar-refractivity contribution is -0.156. The van der Waals surface area contributed by atoms with Gasteiger partial charge in [-0.1, -0.05) is 37.6 Å². The number of ketones is 1. The predicted molar refractivity (Wildman–Crippen MR) is 170 cm³/mol. The van der Waals surface area contributed by atoms with Gasteiger partial charge in [-0.15, -0.1) is 0 Å². The Balaban J connectivity index is 1.29. The van der Waals surface area contributed by atoms with Crippen LogP contribution in [0.3, 0.4) is 0 Å². The van der Waals surface area contributed by atoms with Crippen molar-refractivity contribution in [3.8, 4) is 17.2 Å². The van der Waals surface area contributed by atoms with Crippen molar-refractivity contribution in [1.82, 2.24) is 0 Å². The molecule has 1 aliphatic heterocycles. The zero-order valence-electron chi connectivity index (χ0n) is 26.6. The van der Waals surface area contributed by atoms with Crippen LogP contribution in [0.15, 0.2) is 48.5 Å². The molecule has 9 nitrogen and oxygen atoms in total. The Morgan fingerprint density at radius 2 is 1.73 bits per heavy atom. The fraction of sp³-hybridized carbons (Fsp3) is 0.472. The summed E-state index contributed by atoms with van der Waals surface area (Å²) in [4.78, 5) is 36.8. The lowest BCUT2D eigenvalue weighted by Gasteiger charge is -2.22. The molecule has 3 aromatic carbocycles. The number of esters is 2. The summed E-state index contributed by atoms with van der Waals surface area (Å²) in [5.41, 5.74) is 2.57. The summed E-state index contributed by atoms with van der Waals surface area (Å²) < 4.78 is 33.9. The quantitative estimate of drug-likeness (QED) is 0.117. The van der Waals surface area contributed by atoms with Gasteiger partial charge in [-0.2, -0.15) is 0 Å². The first-order chi connectivity index (χ1) is 21.9. The van der Waals surface area contributed by atoms with Gasteiger partial charge in [-0.25, -0.2) is 9.59 Å². The first-order valence-corrected chi connectivity index (χ1v) is 16.0. The van der Waals surface area contributed by atoms with Crippen molar-refractivity contribution in [1.29, 1.82) is 0 Å². The molecule has 9 heteroatoms. The maximum absolute atomic E-state index is 12.8. The molecule has 242 valence electrons. The number of Topliss-reactive ketones (excluding diaryl/α,β-unsaturated/α-hetero) is 1. The van der Waals surface area contributed by atoms with Crippen molar-refractivity contribution in [3.05, 3.63) is 65.2 Å². The molecule has 0 fully saturated rings. The normalized spacial score (nSPS) is 13.1. The minimum absolute atomic E-state index is 0.119. The molecule has 0 bridgehead atoms. The summed E-state index contributed by atoms with van der Waals surface area (Å²) in [5.74, 6) is 1.33. The highest BCUT2D eigenvalue weighted by Gasteiger charge is 2.24. The molecule has 0 aliphatic carbocycles. The first kappa shape index (κ1) is 33.8. The van der Waals surface area contributed by atoms with Crippen molar-refractivity contribution in [3.63, 3.8) is 0 Å². The van der Waals surface area contributed by atoms with Crippen LogP contribution in [0.2, 0.25) is 0 Å². The third kappa shape index (κ3) is 9.44. The van der Waals surface area contributed by atoms with E-state index < -0.39 is 12.1 Å². The van der Waals surface area contributed by atoms with E-state index in [1.807, 2.05) is 42.5 Å². The number of unbranched alkanes of at least 4 members (excludes halogenated alkanes) is 2. The Morgan fingerprint density at radius 3 is 2.53 bits per heavy atom. The largest absolute Gasteiger partial charge is 0.493 e. The van der Waals surface area contributed by atoms with E-state index in [2.05, 4.69) is 6.92 Å². The van der Waals surface area contributed by atoms with Gasteiger partial charge in [0.1, 0.15) is 17.2 Å². The molecule has 3 aromatic rings. The van der Waals surface area contributed by atoms with Crippen molar-refractivity contribution in [2.45, 2.75) is 71.8 Å². The van der Waals surface area contributed by atoms with Crippen molar-refractivity contribution < 1.29 is 42.8 Å². The minimum atomic E-state index is -0.735. The Bertz CT molecular complexity index is 1450. The van der Waals surface area contributed by atoms with Crippen LogP contribution >= 0.6 is 0 Å². The maximum atomic E-state index is 12.8. The average Bonchev–Trinajstić information content (AvgIpc) is 3.04. The van der Waals surface area contributed by atoms with E-state index in [-0.39, 0.29) is 25.0 Å². The van der Waals surface area contributed by atoms with Crippen LogP contribution in [0.1, 0.15) is 74.4 Å². The van der Waals surface area contributed by atoms with Gasteiger partial charge in [0.25, 0.3) is 0 Å². The molecule has 0 amide bonds. The van der Waals surface area contributed by atoms with Crippen LogP contribution in [0.25, 0.3) is 10.8 Å². The van der Waals surface area contributed by atoms with Crippen LogP contribution in [0, 0.1) is 0 Å². The second-order valence-corrected chi connectivity index (χ2v) is 10.8. The summed E-state index contributed by atoms with van der Waals surface area (Å²) in [6, 6.07) is 15.1. The number of fused-ring (bicyclic) bond motifs is 2. The third-order valence-electron chi connectivity index (χ3n) is 7.52. The lowest BCUT2D eigenvalue weighted by Crippen LogP contribution is -2.29. The molecular formula is C36H44O9. The van der Waals surface area contributed by atoms with E-state index >= 15 is 0 Å². The molecule has 1 aliphatic rings. The van der Waals surface area contributed by atoms with Gasteiger partial charge in [0.05, 0.1) is 32.0 Å². The number of ether oxygens (including phenoxy) is 6. The van der Waals surface area contributed by atoms with E-state index in [1.165, 1.54) is 0 Å². The molecule has 1 atom stereocenters. The summed E-state index contributed by atoms with van der Waals surface area (Å²) in [7, 11) is 0. The maximum Gasteiger partial charge on any atom is 0.344 e. The highest BCUT2D eigenvalue weighted by molar-refractivity contribution is 6.00. The monoisotopic (exact) mass is 620 g/mol. The number of carbonyl (C=O) groups excluding carboxylic acids is 3. The fourth-order valence-corrected chi connectivity index (χ4v) is 5.37. The Morgan fingerprint density at radius 1 is 0.911 bits per heavy atom. The lowest BCUT2D eigenvalue weighted by atomic mass is 9.98. The van der Waals surface area contributed by atoms with Gasteiger partial charge in [0.2, 0.25) is 0 Å². The van der Waals surface area contributed by atoms with E-state index in [0.717, 1.165) is 59.8 Å². The first-order valence-electron chi connectivity index (χ1n) is 16.0. The zero-order chi connectivity index (χ0) is 32.0. The van der Waals surface area contributed by atoms with Crippen molar-refractivity contribution >= 4 is 28.5 Å². The topological polar surface area (TPSA) is 107 Å². The van der Waals surface area contributed by atoms with Crippen LogP contribution < -0.4 is 14.2 Å². The standard InChI is InChI=1S/C36H44O9/c1-4-11-30-32(17-16-29-31(37)18-21-44-35(29)30)42-19-8-7-9-20-43-33(36(39)41-6-3)23-26-13-10-12-25-22-27(14-15-28(25)26)45-24-34(38)40-5-2/h10,12-17,22,33H,4-9,11,18-21,23-24H2,1-3H3. The summed E-state index contributed by atoms with van der Waals surface area (Å²) in [5, 5.41) is 1.89. The third-order valence-corrected chi connectivity index (χ3v) is 7.52. The number of rotatable bonds is 18. The van der Waals surface area contributed by atoms with Crippen molar-refractivity contribution in [2.24, 2.45) is 0 Å². The average molecular weight is 621 g/mol. The van der Waals surface area contributed by atoms with Gasteiger partial charge in [-0.05, 0) is 80.1 Å². The predicted octanol–water partition coefficient (Wildman–Crippen LogP) is 6.44. The Labute approximate surface area is 265 Å². The molecule has 1 unspecified atom stereocenters. The molecule has 0 N–H and O–H groups in total. The fourth-order valence-electron chi connectivity index (χ4n) is 5.37. The van der Waals surface area contributed by atoms with Gasteiger partial charge in [0.15, 0.2) is 18.5 Å². The minimum Gasteiger partial charge on any atom is -0.493 e. The van der Waals surface area contributed by atoms with Crippen LogP contribution in [0.5, 0.6) is 17.2 Å². The second-order valence-electron chi connectivity index (χ2n) is 10.8. The number of hydrogen-bond acceptors (Lipinski definition) is 9. The number of benzene rings is 3. The highest BCUT2D eigenvalue weighted by atomic mass is 16.6. The van der Waals surface area contributed by atoms with Gasteiger partial charge >= 0.3 is 11.9 Å². The van der Waals surface area contributed by atoms with Crippen molar-refractivity contribution in [2.75, 3.05) is 39.6 Å². The Kier molecular flexibility index (Phi) is 13.1. The molecule has 0 saturated heterocycles. The molecule has 0 saturated carbocycles. The molecule has 0 aromatic heterocycles. The second kappa shape index (κ2) is 17.4. The van der Waals surface area contributed by atoms with Gasteiger partial charge in [-0.3, -0.25) is 4.79 Å². The van der Waals surface area contributed by atoms with Gasteiger partial charge in [0, 0.05) is 25.0 Å². The molecule has 0 spiro atoms. The van der Waals surface area contributed by atoms with E-state index in [9.17, 15) is 14.4 Å². The summed E-state index contributed by atoms with van der Waals surface area (Å²) >= 11 is 0. The Hall–Kier alpha value is -4.11. The smallest absolute Gasteiger partial charge is 0.344 e. The number of hydrogen-bond donors (Lipinski definition) is 0. The SMILES string of the molecule is CCCc1c(OCCCCCOC(Cc2cccc3cc(OCC(=O)OCC)ccc23)C(=O)OCC)ccc2c1OCCC2=O. The molecule has 4 rings (SSSR count). The highest BCUT2D eigenvalue weighted by Crippen LogP contribution is 2.36.